The first-order valence-electron chi connectivity index (χ1n) is 11.6. The Morgan fingerprint density at radius 2 is 1.89 bits per heavy atom. The van der Waals surface area contributed by atoms with Gasteiger partial charge in [0, 0.05) is 42.3 Å². The Morgan fingerprint density at radius 3 is 2.61 bits per heavy atom. The van der Waals surface area contributed by atoms with Crippen molar-refractivity contribution in [3.05, 3.63) is 71.4 Å². The maximum atomic E-state index is 13.0. The number of fused-ring (bicyclic) bond motifs is 1. The van der Waals surface area contributed by atoms with Gasteiger partial charge in [0.1, 0.15) is 12.4 Å². The zero-order chi connectivity index (χ0) is 25.7. The van der Waals surface area contributed by atoms with E-state index in [1.165, 1.54) is 11.9 Å². The van der Waals surface area contributed by atoms with Gasteiger partial charge in [-0.3, -0.25) is 19.8 Å². The van der Waals surface area contributed by atoms with Gasteiger partial charge in [-0.15, -0.1) is 0 Å². The van der Waals surface area contributed by atoms with Crippen LogP contribution in [0.15, 0.2) is 54.6 Å². The number of hydrogen-bond donors (Lipinski definition) is 4. The van der Waals surface area contributed by atoms with E-state index in [9.17, 15) is 14.4 Å². The Morgan fingerprint density at radius 1 is 1.14 bits per heavy atom. The number of aryl methyl sites for hydroxylation is 1. The van der Waals surface area contributed by atoms with Gasteiger partial charge in [-0.05, 0) is 49.7 Å². The Kier molecular flexibility index (Phi) is 7.35. The van der Waals surface area contributed by atoms with E-state index in [1.54, 1.807) is 29.7 Å². The minimum absolute atomic E-state index is 0.145. The summed E-state index contributed by atoms with van der Waals surface area (Å²) in [7, 11) is 1.52. The third kappa shape index (κ3) is 5.55. The highest BCUT2D eigenvalue weighted by molar-refractivity contribution is 5.95. The number of aromatic nitrogens is 1. The van der Waals surface area contributed by atoms with E-state index in [4.69, 9.17) is 9.94 Å². The molecule has 188 valence electrons. The second kappa shape index (κ2) is 10.6. The van der Waals surface area contributed by atoms with E-state index in [1.807, 2.05) is 37.3 Å². The van der Waals surface area contributed by atoms with Gasteiger partial charge in [-0.2, -0.15) is 0 Å². The molecule has 1 atom stereocenters. The Balaban J connectivity index is 1.44. The second-order valence-electron chi connectivity index (χ2n) is 8.93. The summed E-state index contributed by atoms with van der Waals surface area (Å²) < 4.78 is 5.97. The van der Waals surface area contributed by atoms with Crippen LogP contribution in [0.25, 0.3) is 10.9 Å². The smallest absolute Gasteiger partial charge is 0.317 e. The monoisotopic (exact) mass is 491 g/mol. The van der Waals surface area contributed by atoms with Crippen LogP contribution in [0, 0.1) is 6.92 Å². The van der Waals surface area contributed by atoms with Gasteiger partial charge in [0.05, 0.1) is 17.5 Å². The zero-order valence-electron chi connectivity index (χ0n) is 20.2. The molecule has 4 rings (SSSR count). The molecule has 1 aromatic heterocycles. The molecule has 10 heteroatoms. The lowest BCUT2D eigenvalue weighted by molar-refractivity contribution is -0.130. The van der Waals surface area contributed by atoms with E-state index in [-0.39, 0.29) is 24.9 Å². The number of carbonyl (C=O) groups excluding carboxylic acids is 3. The number of hydroxylamine groups is 1. The van der Waals surface area contributed by atoms with Crippen molar-refractivity contribution in [1.29, 1.82) is 0 Å². The van der Waals surface area contributed by atoms with Crippen LogP contribution in [-0.4, -0.2) is 58.6 Å². The van der Waals surface area contributed by atoms with Crippen LogP contribution in [0.3, 0.4) is 0 Å². The first kappa shape index (κ1) is 24.9. The van der Waals surface area contributed by atoms with Crippen molar-refractivity contribution in [2.75, 3.05) is 20.1 Å². The molecule has 0 saturated carbocycles. The van der Waals surface area contributed by atoms with Crippen molar-refractivity contribution in [2.24, 2.45) is 0 Å². The number of likely N-dealkylation sites (tertiary alicyclic amines) is 1. The fourth-order valence-electron chi connectivity index (χ4n) is 4.53. The van der Waals surface area contributed by atoms with E-state index >= 15 is 0 Å². The standard InChI is InChI=1S/C26H29N5O5/c1-17-13-19(21-5-3-4-6-22(21)28-17)15-36-20-9-7-18(8-10-20)24(33)29-26(14-23(32)30-35)11-12-31(16-26)25(34)27-2/h3-10,13,35H,11-12,14-16H2,1-2H3,(H,27,34)(H,29,33)(H,30,32). The van der Waals surface area contributed by atoms with Crippen LogP contribution in [0.5, 0.6) is 5.75 Å². The normalized spacial score (nSPS) is 17.0. The molecule has 0 aliphatic carbocycles. The molecule has 0 bridgehead atoms. The maximum Gasteiger partial charge on any atom is 0.317 e. The van der Waals surface area contributed by atoms with Gasteiger partial charge in [0.15, 0.2) is 0 Å². The number of urea groups is 1. The van der Waals surface area contributed by atoms with Gasteiger partial charge in [0.2, 0.25) is 5.91 Å². The van der Waals surface area contributed by atoms with Gasteiger partial charge in [-0.1, -0.05) is 18.2 Å². The van der Waals surface area contributed by atoms with Crippen LogP contribution in [0.2, 0.25) is 0 Å². The number of para-hydroxylation sites is 1. The SMILES string of the molecule is CNC(=O)N1CCC(CC(=O)NO)(NC(=O)c2ccc(OCc3cc(C)nc4ccccc34)cc2)C1. The summed E-state index contributed by atoms with van der Waals surface area (Å²) in [4.78, 5) is 43.1. The lowest BCUT2D eigenvalue weighted by Crippen LogP contribution is -2.53. The van der Waals surface area contributed by atoms with Crippen molar-refractivity contribution in [1.82, 2.24) is 26.0 Å². The highest BCUT2D eigenvalue weighted by Crippen LogP contribution is 2.26. The van der Waals surface area contributed by atoms with Crippen molar-refractivity contribution >= 4 is 28.7 Å². The first-order valence-corrected chi connectivity index (χ1v) is 11.6. The molecule has 36 heavy (non-hydrogen) atoms. The molecule has 1 aliphatic rings. The third-order valence-electron chi connectivity index (χ3n) is 6.30. The average Bonchev–Trinajstić information content (AvgIpc) is 3.30. The van der Waals surface area contributed by atoms with Crippen LogP contribution in [0.1, 0.15) is 34.5 Å². The maximum absolute atomic E-state index is 13.0. The van der Waals surface area contributed by atoms with Crippen LogP contribution < -0.4 is 20.9 Å². The molecule has 2 heterocycles. The predicted octanol–water partition coefficient (Wildman–Crippen LogP) is 2.53. The number of ether oxygens (including phenoxy) is 1. The molecular weight excluding hydrogens is 462 g/mol. The van der Waals surface area contributed by atoms with Crippen LogP contribution in [-0.2, 0) is 11.4 Å². The van der Waals surface area contributed by atoms with Crippen molar-refractivity contribution in [2.45, 2.75) is 31.9 Å². The lowest BCUT2D eigenvalue weighted by Gasteiger charge is -2.29. The van der Waals surface area contributed by atoms with Crippen LogP contribution in [0.4, 0.5) is 4.79 Å². The molecule has 1 aliphatic heterocycles. The summed E-state index contributed by atoms with van der Waals surface area (Å²) in [6, 6.07) is 16.3. The number of carbonyl (C=O) groups is 3. The largest absolute Gasteiger partial charge is 0.489 e. The highest BCUT2D eigenvalue weighted by Gasteiger charge is 2.42. The summed E-state index contributed by atoms with van der Waals surface area (Å²) in [6.07, 6.45) is 0.212. The summed E-state index contributed by atoms with van der Waals surface area (Å²) in [5.41, 5.74) is 3.83. The average molecular weight is 492 g/mol. The third-order valence-corrected chi connectivity index (χ3v) is 6.30. The highest BCUT2D eigenvalue weighted by atomic mass is 16.5. The number of amides is 4. The molecule has 4 N–H and O–H groups in total. The number of nitrogens with zero attached hydrogens (tertiary/aromatic N) is 2. The van der Waals surface area contributed by atoms with Crippen molar-refractivity contribution < 1.29 is 24.3 Å². The van der Waals surface area contributed by atoms with Gasteiger partial charge in [0.25, 0.3) is 5.91 Å². The van der Waals surface area contributed by atoms with Crippen LogP contribution >= 0.6 is 0 Å². The summed E-state index contributed by atoms with van der Waals surface area (Å²) in [5, 5.41) is 15.5. The number of benzene rings is 2. The summed E-state index contributed by atoms with van der Waals surface area (Å²) in [5.74, 6) is -0.426. The quantitative estimate of drug-likeness (QED) is 0.297. The van der Waals surface area contributed by atoms with E-state index in [0.29, 0.717) is 30.9 Å². The summed E-state index contributed by atoms with van der Waals surface area (Å²) >= 11 is 0. The van der Waals surface area contributed by atoms with E-state index in [2.05, 4.69) is 15.6 Å². The minimum Gasteiger partial charge on any atom is -0.489 e. The van der Waals surface area contributed by atoms with Gasteiger partial charge >= 0.3 is 6.03 Å². The molecule has 1 saturated heterocycles. The van der Waals surface area contributed by atoms with Gasteiger partial charge < -0.3 is 20.3 Å². The molecule has 3 aromatic rings. The van der Waals surface area contributed by atoms with Crippen molar-refractivity contribution in [3.63, 3.8) is 0 Å². The molecule has 10 nitrogen and oxygen atoms in total. The molecule has 1 fully saturated rings. The number of nitrogens with one attached hydrogen (secondary N) is 3. The molecule has 2 aromatic carbocycles. The molecular formula is C26H29N5O5. The molecule has 0 radical (unpaired) electrons. The van der Waals surface area contributed by atoms with E-state index in [0.717, 1.165) is 22.2 Å². The fourth-order valence-corrected chi connectivity index (χ4v) is 4.53. The predicted molar refractivity (Wildman–Crippen MR) is 133 cm³/mol. The second-order valence-corrected chi connectivity index (χ2v) is 8.93. The summed E-state index contributed by atoms with van der Waals surface area (Å²) in [6.45, 7) is 2.81. The molecule has 4 amide bonds. The zero-order valence-corrected chi connectivity index (χ0v) is 20.2. The number of rotatable bonds is 7. The minimum atomic E-state index is -0.994. The lowest BCUT2D eigenvalue weighted by atomic mass is 9.93. The van der Waals surface area contributed by atoms with Gasteiger partial charge in [-0.25, -0.2) is 10.3 Å². The Labute approximate surface area is 208 Å². The number of hydrogen-bond acceptors (Lipinski definition) is 6. The Hall–Kier alpha value is -4.18. The number of pyridine rings is 1. The fraction of sp³-hybridized carbons (Fsp3) is 0.308. The molecule has 1 unspecified atom stereocenters. The molecule has 0 spiro atoms. The Bertz CT molecular complexity index is 1280. The first-order chi connectivity index (χ1) is 17.3. The van der Waals surface area contributed by atoms with Crippen molar-refractivity contribution in [3.8, 4) is 5.75 Å². The van der Waals surface area contributed by atoms with E-state index < -0.39 is 11.4 Å². The topological polar surface area (TPSA) is 133 Å².